The number of rotatable bonds is 6. The number of hydrogen-bond acceptors (Lipinski definition) is 6. The molecule has 2 aromatic carbocycles. The standard InChI is InChI=1S/C19H13F2N3O4S/c1-27-18-9-13(20)2-5-17(18)28-16-6-4-15(8-12(16)10-22)29(25,26)24-19-7-3-14(21)11-23-19/h2-9,11H,1H3,(H,23,24). The average Bonchev–Trinajstić information content (AvgIpc) is 2.71. The van der Waals surface area contributed by atoms with E-state index in [2.05, 4.69) is 9.71 Å². The molecule has 148 valence electrons. The second-order valence-electron chi connectivity index (χ2n) is 5.63. The monoisotopic (exact) mass is 417 g/mol. The molecule has 0 aliphatic rings. The van der Waals surface area contributed by atoms with Gasteiger partial charge in [-0.2, -0.15) is 5.26 Å². The molecule has 1 heterocycles. The number of pyridine rings is 1. The number of benzene rings is 2. The fraction of sp³-hybridized carbons (Fsp3) is 0.0526. The molecule has 0 radical (unpaired) electrons. The summed E-state index contributed by atoms with van der Waals surface area (Å²) in [7, 11) is -2.75. The predicted octanol–water partition coefficient (Wildman–Crippen LogP) is 3.83. The van der Waals surface area contributed by atoms with Crippen molar-refractivity contribution in [2.75, 3.05) is 11.8 Å². The number of ether oxygens (including phenoxy) is 2. The zero-order chi connectivity index (χ0) is 21.0. The van der Waals surface area contributed by atoms with Crippen LogP contribution < -0.4 is 14.2 Å². The van der Waals surface area contributed by atoms with E-state index in [1.54, 1.807) is 0 Å². The van der Waals surface area contributed by atoms with Crippen LogP contribution in [0.3, 0.4) is 0 Å². The predicted molar refractivity (Wildman–Crippen MR) is 99.2 cm³/mol. The molecule has 0 fully saturated rings. The van der Waals surface area contributed by atoms with Gasteiger partial charge >= 0.3 is 0 Å². The van der Waals surface area contributed by atoms with E-state index in [1.165, 1.54) is 25.3 Å². The number of hydrogen-bond donors (Lipinski definition) is 1. The topological polar surface area (TPSA) is 101 Å². The Morgan fingerprint density at radius 3 is 2.38 bits per heavy atom. The van der Waals surface area contributed by atoms with E-state index < -0.39 is 21.7 Å². The molecule has 0 aliphatic heterocycles. The molecule has 0 bridgehead atoms. The molecule has 0 atom stereocenters. The fourth-order valence-corrected chi connectivity index (χ4v) is 3.36. The summed E-state index contributed by atoms with van der Waals surface area (Å²) in [5.74, 6) is -0.920. The van der Waals surface area contributed by atoms with Crippen LogP contribution in [0.15, 0.2) is 59.6 Å². The number of aromatic nitrogens is 1. The van der Waals surface area contributed by atoms with Crippen LogP contribution >= 0.6 is 0 Å². The molecule has 0 unspecified atom stereocenters. The molecular formula is C19H13F2N3O4S. The Labute approximate surface area is 165 Å². The molecular weight excluding hydrogens is 404 g/mol. The van der Waals surface area contributed by atoms with Gasteiger partial charge in [-0.1, -0.05) is 0 Å². The van der Waals surface area contributed by atoms with Crippen molar-refractivity contribution in [3.05, 3.63) is 71.9 Å². The van der Waals surface area contributed by atoms with Gasteiger partial charge in [-0.3, -0.25) is 4.72 Å². The Morgan fingerprint density at radius 1 is 1.00 bits per heavy atom. The minimum Gasteiger partial charge on any atom is -0.493 e. The van der Waals surface area contributed by atoms with Gasteiger partial charge in [-0.15, -0.1) is 0 Å². The van der Waals surface area contributed by atoms with Crippen molar-refractivity contribution < 1.29 is 26.7 Å². The van der Waals surface area contributed by atoms with Gasteiger partial charge in [0, 0.05) is 6.07 Å². The summed E-state index contributed by atoms with van der Waals surface area (Å²) in [6.45, 7) is 0. The van der Waals surface area contributed by atoms with Crippen LogP contribution in [0.1, 0.15) is 5.56 Å². The Hall–Kier alpha value is -3.71. The Bertz CT molecular complexity index is 1190. The maximum absolute atomic E-state index is 13.3. The lowest BCUT2D eigenvalue weighted by atomic mass is 10.2. The summed E-state index contributed by atoms with van der Waals surface area (Å²) >= 11 is 0. The largest absolute Gasteiger partial charge is 0.493 e. The maximum atomic E-state index is 13.3. The number of nitrogens with one attached hydrogen (secondary N) is 1. The van der Waals surface area contributed by atoms with E-state index in [0.29, 0.717) is 0 Å². The average molecular weight is 417 g/mol. The normalized spacial score (nSPS) is 10.8. The molecule has 7 nitrogen and oxygen atoms in total. The Morgan fingerprint density at radius 2 is 1.72 bits per heavy atom. The molecule has 1 N–H and O–H groups in total. The minimum absolute atomic E-state index is 0.0521. The van der Waals surface area contributed by atoms with E-state index in [0.717, 1.165) is 36.5 Å². The van der Waals surface area contributed by atoms with Crippen LogP contribution in [-0.4, -0.2) is 20.5 Å². The molecule has 3 rings (SSSR count). The van der Waals surface area contributed by atoms with Crippen molar-refractivity contribution in [3.63, 3.8) is 0 Å². The van der Waals surface area contributed by atoms with Crippen molar-refractivity contribution in [1.82, 2.24) is 4.98 Å². The third-order valence-electron chi connectivity index (χ3n) is 3.69. The molecule has 0 saturated carbocycles. The number of halogens is 2. The molecule has 3 aromatic rings. The van der Waals surface area contributed by atoms with Crippen LogP contribution in [-0.2, 0) is 10.0 Å². The van der Waals surface area contributed by atoms with E-state index in [-0.39, 0.29) is 33.5 Å². The van der Waals surface area contributed by atoms with Crippen LogP contribution in [0, 0.1) is 23.0 Å². The van der Waals surface area contributed by atoms with Crippen molar-refractivity contribution >= 4 is 15.8 Å². The Kier molecular flexibility index (Phi) is 5.61. The summed E-state index contributed by atoms with van der Waals surface area (Å²) in [5, 5.41) is 9.39. The van der Waals surface area contributed by atoms with E-state index in [4.69, 9.17) is 9.47 Å². The maximum Gasteiger partial charge on any atom is 0.263 e. The zero-order valence-corrected chi connectivity index (χ0v) is 15.7. The van der Waals surface area contributed by atoms with Gasteiger partial charge in [0.2, 0.25) is 0 Å². The highest BCUT2D eigenvalue weighted by Gasteiger charge is 2.18. The van der Waals surface area contributed by atoms with Gasteiger partial charge in [0.25, 0.3) is 10.0 Å². The molecule has 0 spiro atoms. The van der Waals surface area contributed by atoms with Crippen molar-refractivity contribution in [3.8, 4) is 23.3 Å². The number of methoxy groups -OCH3 is 1. The molecule has 0 amide bonds. The number of nitriles is 1. The Balaban J connectivity index is 1.91. The smallest absolute Gasteiger partial charge is 0.263 e. The fourth-order valence-electron chi connectivity index (χ4n) is 2.33. The summed E-state index contributed by atoms with van der Waals surface area (Å²) in [6, 6.07) is 11.3. The number of nitrogens with zero attached hydrogens (tertiary/aromatic N) is 2. The summed E-state index contributed by atoms with van der Waals surface area (Å²) < 4.78 is 64.1. The molecule has 29 heavy (non-hydrogen) atoms. The highest BCUT2D eigenvalue weighted by molar-refractivity contribution is 7.92. The van der Waals surface area contributed by atoms with Crippen LogP contribution in [0.4, 0.5) is 14.6 Å². The second kappa shape index (κ2) is 8.12. The minimum atomic E-state index is -4.08. The van der Waals surface area contributed by atoms with Gasteiger partial charge in [0.05, 0.1) is 23.8 Å². The summed E-state index contributed by atoms with van der Waals surface area (Å²) in [6.07, 6.45) is 0.867. The zero-order valence-electron chi connectivity index (χ0n) is 14.9. The molecule has 10 heteroatoms. The van der Waals surface area contributed by atoms with E-state index in [9.17, 15) is 22.5 Å². The summed E-state index contributed by atoms with van der Waals surface area (Å²) in [4.78, 5) is 3.41. The molecule has 1 aromatic heterocycles. The van der Waals surface area contributed by atoms with E-state index in [1.807, 2.05) is 6.07 Å². The third kappa shape index (κ3) is 4.59. The first-order valence-electron chi connectivity index (χ1n) is 8.02. The van der Waals surface area contributed by atoms with Gasteiger partial charge in [0.15, 0.2) is 11.5 Å². The molecule has 0 saturated heterocycles. The SMILES string of the molecule is COc1cc(F)ccc1Oc1ccc(S(=O)(=O)Nc2ccc(F)cn2)cc1C#N. The quantitative estimate of drug-likeness (QED) is 0.654. The lowest BCUT2D eigenvalue weighted by Crippen LogP contribution is -2.14. The van der Waals surface area contributed by atoms with Crippen LogP contribution in [0.2, 0.25) is 0 Å². The van der Waals surface area contributed by atoms with Gasteiger partial charge in [-0.25, -0.2) is 22.2 Å². The first-order valence-corrected chi connectivity index (χ1v) is 9.50. The van der Waals surface area contributed by atoms with Crippen LogP contribution in [0.5, 0.6) is 17.2 Å². The van der Waals surface area contributed by atoms with Gasteiger partial charge in [0.1, 0.15) is 29.3 Å². The van der Waals surface area contributed by atoms with Crippen LogP contribution in [0.25, 0.3) is 0 Å². The first kappa shape index (κ1) is 20.0. The van der Waals surface area contributed by atoms with Crippen molar-refractivity contribution in [2.45, 2.75) is 4.90 Å². The van der Waals surface area contributed by atoms with E-state index >= 15 is 0 Å². The number of anilines is 1. The lowest BCUT2D eigenvalue weighted by molar-refractivity contribution is 0.375. The molecule has 0 aliphatic carbocycles. The number of sulfonamides is 1. The van der Waals surface area contributed by atoms with Gasteiger partial charge < -0.3 is 9.47 Å². The van der Waals surface area contributed by atoms with Crippen molar-refractivity contribution in [1.29, 1.82) is 5.26 Å². The van der Waals surface area contributed by atoms with Gasteiger partial charge in [-0.05, 0) is 42.5 Å². The highest BCUT2D eigenvalue weighted by atomic mass is 32.2. The highest BCUT2D eigenvalue weighted by Crippen LogP contribution is 2.34. The first-order chi connectivity index (χ1) is 13.8. The lowest BCUT2D eigenvalue weighted by Gasteiger charge is -2.13. The summed E-state index contributed by atoms with van der Waals surface area (Å²) in [5.41, 5.74) is -0.0775. The van der Waals surface area contributed by atoms with Crippen molar-refractivity contribution in [2.24, 2.45) is 0 Å². The second-order valence-corrected chi connectivity index (χ2v) is 7.32. The third-order valence-corrected chi connectivity index (χ3v) is 5.05.